The number of carboxylic acid groups (broad SMARTS) is 1. The summed E-state index contributed by atoms with van der Waals surface area (Å²) in [5.74, 6) is -1.04. The number of imide groups is 1. The molecule has 3 aliphatic heterocycles. The first-order valence-electron chi connectivity index (χ1n) is 15.5. The molecule has 3 atom stereocenters. The molecule has 4 fully saturated rings. The zero-order chi connectivity index (χ0) is 28.6. The van der Waals surface area contributed by atoms with Crippen molar-refractivity contribution in [1.29, 1.82) is 5.41 Å². The number of piperidine rings is 1. The minimum Gasteiger partial charge on any atom is -0.480 e. The van der Waals surface area contributed by atoms with Crippen molar-refractivity contribution in [2.45, 2.75) is 95.9 Å². The van der Waals surface area contributed by atoms with Crippen LogP contribution in [-0.2, 0) is 14.4 Å². The van der Waals surface area contributed by atoms with E-state index in [1.54, 1.807) is 4.90 Å². The molecule has 40 heavy (non-hydrogen) atoms. The van der Waals surface area contributed by atoms with Crippen molar-refractivity contribution >= 4 is 29.8 Å². The molecule has 3 saturated heterocycles. The van der Waals surface area contributed by atoms with E-state index in [-0.39, 0.29) is 17.8 Å². The van der Waals surface area contributed by atoms with Crippen molar-refractivity contribution in [1.82, 2.24) is 19.6 Å². The maximum atomic E-state index is 13.1. The third-order valence-corrected chi connectivity index (χ3v) is 9.55. The fourth-order valence-corrected chi connectivity index (χ4v) is 7.08. The molecule has 2 unspecified atom stereocenters. The van der Waals surface area contributed by atoms with Gasteiger partial charge in [0.2, 0.25) is 11.8 Å². The maximum Gasteiger partial charge on any atom is 0.327 e. The van der Waals surface area contributed by atoms with Gasteiger partial charge in [-0.15, -0.1) is 0 Å². The summed E-state index contributed by atoms with van der Waals surface area (Å²) < 4.78 is 0. The average Bonchev–Trinajstić information content (AvgIpc) is 2.96. The van der Waals surface area contributed by atoms with Gasteiger partial charge < -0.3 is 25.5 Å². The summed E-state index contributed by atoms with van der Waals surface area (Å²) in [7, 11) is 0. The number of nitrogens with zero attached hydrogens (tertiary/aromatic N) is 4. The lowest BCUT2D eigenvalue weighted by atomic mass is 9.80. The summed E-state index contributed by atoms with van der Waals surface area (Å²) in [6, 6.07) is -1.72. The summed E-state index contributed by atoms with van der Waals surface area (Å²) in [6.07, 6.45) is 14.7. The van der Waals surface area contributed by atoms with Gasteiger partial charge in [0.1, 0.15) is 0 Å². The number of guanidine groups is 1. The minimum absolute atomic E-state index is 0.0382. The zero-order valence-corrected chi connectivity index (χ0v) is 23.9. The number of carbonyl (C=O) groups is 4. The number of hydrogen-bond donors (Lipinski definition) is 3. The van der Waals surface area contributed by atoms with Crippen LogP contribution in [0.5, 0.6) is 0 Å². The number of likely N-dealkylation sites (tertiary alicyclic amines) is 2. The van der Waals surface area contributed by atoms with E-state index in [0.717, 1.165) is 43.0 Å². The first kappa shape index (κ1) is 30.1. The largest absolute Gasteiger partial charge is 0.480 e. The fourth-order valence-electron chi connectivity index (χ4n) is 7.08. The van der Waals surface area contributed by atoms with E-state index < -0.39 is 29.9 Å². The number of urea groups is 1. The lowest BCUT2D eigenvalue weighted by molar-refractivity contribution is -0.167. The van der Waals surface area contributed by atoms with Crippen LogP contribution in [0.25, 0.3) is 0 Å². The van der Waals surface area contributed by atoms with Crippen LogP contribution in [0.15, 0.2) is 0 Å². The molecule has 11 nitrogen and oxygen atoms in total. The lowest BCUT2D eigenvalue weighted by Gasteiger charge is -2.46. The molecule has 0 aromatic heterocycles. The van der Waals surface area contributed by atoms with Gasteiger partial charge in [-0.1, -0.05) is 51.4 Å². The van der Waals surface area contributed by atoms with Gasteiger partial charge in [-0.05, 0) is 43.9 Å². The Hall–Kier alpha value is -2.85. The predicted molar refractivity (Wildman–Crippen MR) is 150 cm³/mol. The van der Waals surface area contributed by atoms with E-state index in [0.29, 0.717) is 52.0 Å². The third kappa shape index (κ3) is 7.46. The van der Waals surface area contributed by atoms with Gasteiger partial charge in [-0.3, -0.25) is 15.0 Å². The van der Waals surface area contributed by atoms with Crippen LogP contribution in [0.2, 0.25) is 0 Å². The lowest BCUT2D eigenvalue weighted by Crippen LogP contribution is -2.69. The Kier molecular flexibility index (Phi) is 10.7. The highest BCUT2D eigenvalue weighted by Crippen LogP contribution is 2.35. The van der Waals surface area contributed by atoms with Crippen molar-refractivity contribution in [2.75, 3.05) is 39.3 Å². The highest BCUT2D eigenvalue weighted by atomic mass is 16.4. The van der Waals surface area contributed by atoms with E-state index >= 15 is 0 Å². The second-order valence-corrected chi connectivity index (χ2v) is 12.3. The van der Waals surface area contributed by atoms with Crippen molar-refractivity contribution in [3.63, 3.8) is 0 Å². The van der Waals surface area contributed by atoms with Gasteiger partial charge in [-0.25, -0.2) is 14.5 Å². The number of carboxylic acids is 1. The number of carbonyl (C=O) groups excluding carboxylic acids is 3. The molecule has 4 aliphatic rings. The highest BCUT2D eigenvalue weighted by Gasteiger charge is 2.55. The second kappa shape index (κ2) is 14.2. The van der Waals surface area contributed by atoms with Gasteiger partial charge >= 0.3 is 12.0 Å². The molecule has 4 rings (SSSR count). The molecule has 0 radical (unpaired) electrons. The summed E-state index contributed by atoms with van der Waals surface area (Å²) >= 11 is 0. The summed E-state index contributed by atoms with van der Waals surface area (Å²) in [6.45, 7) is 2.80. The molecule has 224 valence electrons. The number of nitrogens with two attached hydrogens (primary N) is 1. The molecule has 4 amide bonds. The van der Waals surface area contributed by atoms with Crippen molar-refractivity contribution in [3.8, 4) is 0 Å². The number of hydrogen-bond acceptors (Lipinski definition) is 5. The monoisotopic (exact) mass is 560 g/mol. The summed E-state index contributed by atoms with van der Waals surface area (Å²) in [5, 5.41) is 17.5. The number of aliphatic carboxylic acids is 1. The molecular weight excluding hydrogens is 512 g/mol. The Bertz CT molecular complexity index is 930. The van der Waals surface area contributed by atoms with Gasteiger partial charge in [0.05, 0.1) is 5.92 Å². The number of rotatable bonds is 10. The predicted octanol–water partition coefficient (Wildman–Crippen LogP) is 3.08. The van der Waals surface area contributed by atoms with Crippen molar-refractivity contribution in [2.24, 2.45) is 23.5 Å². The summed E-state index contributed by atoms with van der Waals surface area (Å²) in [5.41, 5.74) is 5.62. The molecule has 3 heterocycles. The van der Waals surface area contributed by atoms with Gasteiger partial charge in [0, 0.05) is 45.7 Å². The molecule has 0 aromatic carbocycles. The number of nitrogens with one attached hydrogen (secondary N) is 1. The molecule has 4 N–H and O–H groups in total. The number of β-lactam (4-membered cyclic amide) rings is 1. The topological polar surface area (TPSA) is 151 Å². The van der Waals surface area contributed by atoms with Crippen molar-refractivity contribution in [3.05, 3.63) is 0 Å². The molecule has 11 heteroatoms. The maximum absolute atomic E-state index is 13.1. The Morgan fingerprint density at radius 2 is 1.48 bits per heavy atom. The number of unbranched alkanes of at least 4 members (excludes halogenated alkanes) is 2. The molecule has 0 bridgehead atoms. The molecule has 1 saturated carbocycles. The Labute approximate surface area is 237 Å². The zero-order valence-electron chi connectivity index (χ0n) is 23.9. The van der Waals surface area contributed by atoms with E-state index in [1.807, 2.05) is 4.90 Å². The van der Waals surface area contributed by atoms with Crippen LogP contribution in [0, 0.1) is 23.2 Å². The van der Waals surface area contributed by atoms with Crippen LogP contribution < -0.4 is 5.73 Å². The molecule has 0 spiro atoms. The van der Waals surface area contributed by atoms with Crippen LogP contribution >= 0.6 is 0 Å². The van der Waals surface area contributed by atoms with E-state index in [4.69, 9.17) is 11.1 Å². The minimum atomic E-state index is -1.16. The smallest absolute Gasteiger partial charge is 0.327 e. The summed E-state index contributed by atoms with van der Waals surface area (Å²) in [4.78, 5) is 56.8. The van der Waals surface area contributed by atoms with Gasteiger partial charge in [0.25, 0.3) is 0 Å². The highest BCUT2D eigenvalue weighted by molar-refractivity contribution is 6.07. The Morgan fingerprint density at radius 3 is 2.15 bits per heavy atom. The van der Waals surface area contributed by atoms with Crippen molar-refractivity contribution < 1.29 is 24.3 Å². The van der Waals surface area contributed by atoms with Crippen LogP contribution in [0.1, 0.15) is 89.9 Å². The van der Waals surface area contributed by atoms with Gasteiger partial charge in [-0.2, -0.15) is 0 Å². The second-order valence-electron chi connectivity index (χ2n) is 12.3. The van der Waals surface area contributed by atoms with E-state index in [2.05, 4.69) is 0 Å². The molecule has 0 aromatic rings. The van der Waals surface area contributed by atoms with E-state index in [1.165, 1.54) is 49.8 Å². The first-order chi connectivity index (χ1) is 19.3. The Morgan fingerprint density at radius 1 is 0.800 bits per heavy atom. The molecular formula is C29H48N6O5. The normalized spacial score (nSPS) is 26.0. The first-order valence-corrected chi connectivity index (χ1v) is 15.5. The molecule has 1 aliphatic carbocycles. The number of amides is 4. The average molecular weight is 561 g/mol. The Balaban J connectivity index is 1.17. The SMILES string of the molecule is N=C(N)N1CCCC(CC[C@H]2C(=O)N(C(=O)N3CCN(C(=O)CCCCCC4CCCCC4)CC3)C2C(=O)O)C1. The third-order valence-electron chi connectivity index (χ3n) is 9.55. The standard InChI is InChI=1S/C29H48N6O5/c30-28(31)34-15-7-11-22(20-34)13-14-23-25(27(38)39)35(26(23)37)29(40)33-18-16-32(17-19-33)24(36)12-6-2-5-10-21-8-3-1-4-9-21/h21-23,25H,1-20H2,(H3,30,31)(H,38,39)/t22?,23-,25?/m1/s1. The van der Waals surface area contributed by atoms with Gasteiger partial charge in [0.15, 0.2) is 12.0 Å². The van der Waals surface area contributed by atoms with Crippen LogP contribution in [0.4, 0.5) is 4.79 Å². The van der Waals surface area contributed by atoms with Crippen LogP contribution in [-0.4, -0.2) is 99.8 Å². The van der Waals surface area contributed by atoms with Crippen LogP contribution in [0.3, 0.4) is 0 Å². The van der Waals surface area contributed by atoms with E-state index in [9.17, 15) is 24.3 Å². The quantitative estimate of drug-likeness (QED) is 0.161. The fraction of sp³-hybridized carbons (Fsp3) is 0.828. The number of piperazine rings is 1.